The van der Waals surface area contributed by atoms with Crippen LogP contribution in [0.3, 0.4) is 0 Å². The number of rotatable bonds is 6. The van der Waals surface area contributed by atoms with Crippen LogP contribution in [0.1, 0.15) is 41.6 Å². The van der Waals surface area contributed by atoms with Crippen LogP contribution in [-0.2, 0) is 6.54 Å². The summed E-state index contributed by atoms with van der Waals surface area (Å²) in [7, 11) is 1.50. The van der Waals surface area contributed by atoms with E-state index in [1.807, 2.05) is 0 Å². The van der Waals surface area contributed by atoms with Gasteiger partial charge in [-0.25, -0.2) is 4.90 Å². The van der Waals surface area contributed by atoms with Crippen molar-refractivity contribution in [2.45, 2.75) is 50.7 Å². The summed E-state index contributed by atoms with van der Waals surface area (Å²) in [6, 6.07) is 11.0. The Hall–Kier alpha value is -3.04. The van der Waals surface area contributed by atoms with Gasteiger partial charge in [-0.15, -0.1) is 13.2 Å². The molecule has 186 valence electrons. The number of methoxy groups -OCH3 is 1. The van der Waals surface area contributed by atoms with Gasteiger partial charge >= 0.3 is 6.30 Å². The topological polar surface area (TPSA) is 74.7 Å². The maximum absolute atomic E-state index is 14.1. The summed E-state index contributed by atoms with van der Waals surface area (Å²) in [5, 5.41) is 13.8. The minimum atomic E-state index is -4.88. The van der Waals surface area contributed by atoms with Crippen LogP contribution >= 0.6 is 11.6 Å². The molecule has 0 atom stereocenters. The highest BCUT2D eigenvalue weighted by molar-refractivity contribution is 6.32. The van der Waals surface area contributed by atoms with Gasteiger partial charge in [-0.2, -0.15) is 0 Å². The van der Waals surface area contributed by atoms with Gasteiger partial charge in [-0.3, -0.25) is 9.78 Å². The molecule has 2 N–H and O–H groups in total. The summed E-state index contributed by atoms with van der Waals surface area (Å²) in [6.45, 7) is 0.208. The van der Waals surface area contributed by atoms with Crippen LogP contribution in [0.5, 0.6) is 5.75 Å². The quantitative estimate of drug-likeness (QED) is 0.414. The molecule has 1 aliphatic rings. The van der Waals surface area contributed by atoms with Crippen LogP contribution < -0.4 is 10.1 Å². The number of ether oxygens (including phenoxy) is 1. The maximum Gasteiger partial charge on any atom is 0.487 e. The summed E-state index contributed by atoms with van der Waals surface area (Å²) in [5.41, 5.74) is 1.38. The zero-order valence-corrected chi connectivity index (χ0v) is 19.7. The van der Waals surface area contributed by atoms with Crippen LogP contribution in [0.25, 0.3) is 10.9 Å². The first-order valence-corrected chi connectivity index (χ1v) is 11.6. The van der Waals surface area contributed by atoms with Crippen LogP contribution in [0.15, 0.2) is 48.7 Å². The van der Waals surface area contributed by atoms with Crippen molar-refractivity contribution < 1.29 is 27.8 Å². The monoisotopic (exact) mass is 507 g/mol. The second kappa shape index (κ2) is 10.3. The summed E-state index contributed by atoms with van der Waals surface area (Å²) >= 11 is 6.21. The van der Waals surface area contributed by atoms with Gasteiger partial charge in [0.05, 0.1) is 35.0 Å². The van der Waals surface area contributed by atoms with Crippen molar-refractivity contribution in [2.75, 3.05) is 12.4 Å². The minimum Gasteiger partial charge on any atom is -0.495 e. The fourth-order valence-electron chi connectivity index (χ4n) is 4.44. The number of aliphatic hydroxyl groups is 1. The van der Waals surface area contributed by atoms with E-state index in [2.05, 4.69) is 10.3 Å². The van der Waals surface area contributed by atoms with Crippen LogP contribution in [0, 0.1) is 0 Å². The Kier molecular flexibility index (Phi) is 7.37. The Morgan fingerprint density at radius 2 is 1.91 bits per heavy atom. The molecule has 1 saturated carbocycles. The van der Waals surface area contributed by atoms with Crippen LogP contribution in [-0.4, -0.2) is 46.5 Å². The van der Waals surface area contributed by atoms with Crippen molar-refractivity contribution in [3.63, 3.8) is 0 Å². The van der Waals surface area contributed by atoms with Gasteiger partial charge in [-0.05, 0) is 49.4 Å². The van der Waals surface area contributed by atoms with E-state index in [1.165, 1.54) is 13.3 Å². The molecule has 4 rings (SSSR count). The molecule has 1 amide bonds. The molecular weight excluding hydrogens is 483 g/mol. The molecule has 10 heteroatoms. The van der Waals surface area contributed by atoms with E-state index in [-0.39, 0.29) is 48.4 Å². The highest BCUT2D eigenvalue weighted by atomic mass is 35.5. The molecule has 0 radical (unpaired) electrons. The second-order valence-electron chi connectivity index (χ2n) is 8.49. The van der Waals surface area contributed by atoms with E-state index in [4.69, 9.17) is 16.3 Å². The van der Waals surface area contributed by atoms with E-state index < -0.39 is 24.4 Å². The number of para-hydroxylation sites is 1. The lowest BCUT2D eigenvalue weighted by atomic mass is 9.91. The van der Waals surface area contributed by atoms with E-state index in [9.17, 15) is 23.1 Å². The standard InChI is InChI=1S/C25H25ClF3N3O3/c1-35-22-11-6-15(12-20(22)26)13-31-23-18-4-2-3-5-21(18)30-14-19(23)24(34)32(25(27,28)29)16-7-9-17(33)10-8-16/h2-6,11-12,14,16-17,33H,7-10,13H2,1H3,(H,30,31)/t16-,17-. The van der Waals surface area contributed by atoms with Gasteiger partial charge in [-0.1, -0.05) is 35.9 Å². The normalized spacial score (nSPS) is 18.3. The van der Waals surface area contributed by atoms with Crippen LogP contribution in [0.2, 0.25) is 5.02 Å². The van der Waals surface area contributed by atoms with Gasteiger partial charge < -0.3 is 15.2 Å². The number of pyridine rings is 1. The number of hydrogen-bond acceptors (Lipinski definition) is 5. The first-order chi connectivity index (χ1) is 16.7. The molecular formula is C25H25ClF3N3O3. The maximum atomic E-state index is 14.1. The fraction of sp³-hybridized carbons (Fsp3) is 0.360. The van der Waals surface area contributed by atoms with Gasteiger partial charge in [0.2, 0.25) is 0 Å². The minimum absolute atomic E-state index is 0.0138. The Labute approximate surface area is 205 Å². The molecule has 1 fully saturated rings. The predicted octanol–water partition coefficient (Wildman–Crippen LogP) is 5.77. The number of aliphatic hydroxyl groups excluding tert-OH is 1. The Morgan fingerprint density at radius 3 is 2.57 bits per heavy atom. The molecule has 1 aromatic heterocycles. The van der Waals surface area contributed by atoms with Crippen molar-refractivity contribution in [3.05, 3.63) is 64.8 Å². The number of fused-ring (bicyclic) bond motifs is 1. The third-order valence-electron chi connectivity index (χ3n) is 6.21. The molecule has 1 heterocycles. The SMILES string of the molecule is COc1ccc(CNc2c(C(=O)N([C@H]3CC[C@H](O)CC3)C(F)(F)F)cnc3ccccc23)cc1Cl. The Bertz CT molecular complexity index is 1210. The average Bonchev–Trinajstić information content (AvgIpc) is 2.83. The van der Waals surface area contributed by atoms with Crippen molar-refractivity contribution in [1.29, 1.82) is 0 Å². The number of amides is 1. The van der Waals surface area contributed by atoms with E-state index in [0.29, 0.717) is 21.7 Å². The van der Waals surface area contributed by atoms with E-state index in [1.54, 1.807) is 42.5 Å². The number of hydrogen-bond donors (Lipinski definition) is 2. The average molecular weight is 508 g/mol. The molecule has 35 heavy (non-hydrogen) atoms. The molecule has 1 aliphatic carbocycles. The van der Waals surface area contributed by atoms with Crippen molar-refractivity contribution in [2.24, 2.45) is 0 Å². The number of halogens is 4. The smallest absolute Gasteiger partial charge is 0.487 e. The molecule has 0 saturated heterocycles. The molecule has 0 unspecified atom stereocenters. The van der Waals surface area contributed by atoms with Gasteiger partial charge in [0, 0.05) is 24.2 Å². The number of benzene rings is 2. The third-order valence-corrected chi connectivity index (χ3v) is 6.51. The molecule has 0 spiro atoms. The number of aromatic nitrogens is 1. The molecule has 0 aliphatic heterocycles. The first-order valence-electron chi connectivity index (χ1n) is 11.2. The highest BCUT2D eigenvalue weighted by Gasteiger charge is 2.47. The second-order valence-corrected chi connectivity index (χ2v) is 8.90. The van der Waals surface area contributed by atoms with E-state index in [0.717, 1.165) is 5.56 Å². The van der Waals surface area contributed by atoms with Crippen LogP contribution in [0.4, 0.5) is 18.9 Å². The van der Waals surface area contributed by atoms with E-state index >= 15 is 0 Å². The number of alkyl halides is 3. The number of nitrogens with zero attached hydrogens (tertiary/aromatic N) is 2. The largest absolute Gasteiger partial charge is 0.495 e. The molecule has 2 aromatic carbocycles. The molecule has 0 bridgehead atoms. The number of nitrogens with one attached hydrogen (secondary N) is 1. The van der Waals surface area contributed by atoms with Crippen molar-refractivity contribution in [3.8, 4) is 5.75 Å². The zero-order valence-electron chi connectivity index (χ0n) is 19.0. The summed E-state index contributed by atoms with van der Waals surface area (Å²) in [5.74, 6) is -0.675. The lowest BCUT2D eigenvalue weighted by Gasteiger charge is -2.37. The summed E-state index contributed by atoms with van der Waals surface area (Å²) in [4.78, 5) is 17.6. The van der Waals surface area contributed by atoms with Gasteiger partial charge in [0.15, 0.2) is 0 Å². The lowest BCUT2D eigenvalue weighted by molar-refractivity contribution is -0.239. The number of carbonyl (C=O) groups is 1. The molecule has 3 aromatic rings. The van der Waals surface area contributed by atoms with Crippen molar-refractivity contribution >= 4 is 34.1 Å². The third kappa shape index (κ3) is 5.46. The predicted molar refractivity (Wildman–Crippen MR) is 128 cm³/mol. The fourth-order valence-corrected chi connectivity index (χ4v) is 4.72. The first kappa shape index (κ1) is 25.1. The summed E-state index contributed by atoms with van der Waals surface area (Å²) < 4.78 is 47.5. The Balaban J connectivity index is 1.71. The number of anilines is 1. The highest BCUT2D eigenvalue weighted by Crippen LogP contribution is 2.36. The van der Waals surface area contributed by atoms with Crippen molar-refractivity contribution in [1.82, 2.24) is 9.88 Å². The lowest BCUT2D eigenvalue weighted by Crippen LogP contribution is -2.51. The molecule has 6 nitrogen and oxygen atoms in total. The van der Waals surface area contributed by atoms with Gasteiger partial charge in [0.25, 0.3) is 5.91 Å². The Morgan fingerprint density at radius 1 is 1.20 bits per heavy atom. The number of carbonyl (C=O) groups excluding carboxylic acids is 1. The summed E-state index contributed by atoms with van der Waals surface area (Å²) in [6.07, 6.45) is -3.78. The zero-order chi connectivity index (χ0) is 25.2. The van der Waals surface area contributed by atoms with Gasteiger partial charge in [0.1, 0.15) is 5.75 Å².